The number of phenolic OH excluding ortho intramolecular Hbond substituents is 1. The lowest BCUT2D eigenvalue weighted by molar-refractivity contribution is -0.0364. The van der Waals surface area contributed by atoms with Gasteiger partial charge in [0.2, 0.25) is 11.6 Å². The SMILES string of the molecule is N#Cc1cc(F)cc(Oc2ccc3c(c2C(F)F)C(=O)C(F)(F)C3F)c1.N#Cc1cc(O)cc(F)c1.O=C1c2c(ccc(F)c2C(F)F)C(F)C1(F)F. The average molecular weight is 762 g/mol. The molecule has 0 fully saturated rings. The van der Waals surface area contributed by atoms with Gasteiger partial charge in [0.15, 0.2) is 12.3 Å². The van der Waals surface area contributed by atoms with E-state index >= 15 is 0 Å². The van der Waals surface area contributed by atoms with E-state index in [1.807, 2.05) is 0 Å². The van der Waals surface area contributed by atoms with Crippen LogP contribution in [0.4, 0.5) is 57.1 Å². The van der Waals surface area contributed by atoms with E-state index in [-0.39, 0.29) is 22.6 Å². The van der Waals surface area contributed by atoms with Crippen molar-refractivity contribution in [2.75, 3.05) is 0 Å². The number of nitriles is 2. The van der Waals surface area contributed by atoms with Crippen LogP contribution >= 0.6 is 0 Å². The number of hydrogen-bond acceptors (Lipinski definition) is 6. The van der Waals surface area contributed by atoms with Gasteiger partial charge >= 0.3 is 11.8 Å². The number of nitrogens with zero attached hydrogens (tertiary/aromatic N) is 2. The molecule has 4 aromatic rings. The highest BCUT2D eigenvalue weighted by Gasteiger charge is 2.59. The Morgan fingerprint density at radius 3 is 1.58 bits per heavy atom. The van der Waals surface area contributed by atoms with Crippen molar-refractivity contribution in [2.45, 2.75) is 37.0 Å². The second kappa shape index (κ2) is 14.9. The molecule has 0 saturated heterocycles. The van der Waals surface area contributed by atoms with Crippen LogP contribution in [0.2, 0.25) is 0 Å². The maximum absolute atomic E-state index is 13.8. The van der Waals surface area contributed by atoms with Crippen molar-refractivity contribution in [3.8, 4) is 29.4 Å². The van der Waals surface area contributed by atoms with Gasteiger partial charge in [-0.1, -0.05) is 12.1 Å². The Morgan fingerprint density at radius 2 is 1.11 bits per heavy atom. The van der Waals surface area contributed by atoms with Gasteiger partial charge in [0.1, 0.15) is 34.7 Å². The first-order chi connectivity index (χ1) is 24.7. The molecule has 0 amide bonds. The lowest BCUT2D eigenvalue weighted by atomic mass is 10.0. The molecule has 2 atom stereocenters. The van der Waals surface area contributed by atoms with Gasteiger partial charge in [0.25, 0.3) is 12.9 Å². The highest BCUT2D eigenvalue weighted by molar-refractivity contribution is 6.08. The second-order valence-corrected chi connectivity index (χ2v) is 10.8. The molecule has 6 rings (SSSR count). The summed E-state index contributed by atoms with van der Waals surface area (Å²) in [5, 5.41) is 25.8. The number of rotatable bonds is 4. The Hall–Kier alpha value is -6.11. The van der Waals surface area contributed by atoms with Crippen LogP contribution < -0.4 is 4.74 Å². The molecule has 0 radical (unpaired) electrons. The van der Waals surface area contributed by atoms with Crippen molar-refractivity contribution in [3.63, 3.8) is 0 Å². The largest absolute Gasteiger partial charge is 0.508 e. The van der Waals surface area contributed by atoms with Crippen LogP contribution in [0.1, 0.15) is 79.3 Å². The maximum Gasteiger partial charge on any atom is 0.344 e. The zero-order chi connectivity index (χ0) is 39.7. The predicted octanol–water partition coefficient (Wildman–Crippen LogP) is 10.3. The standard InChI is InChI=1S/C17H7F6NO2.C10H4F6O.C7H4FNO/c18-8-3-7(6-24)4-9(5-8)26-11-2-1-10-12(13(11)16(20)21)15(25)17(22,23)14(10)19;11-4-2-1-3-5(6(4)9(13)14)8(17)10(15,16)7(3)12;8-6-1-5(4-9)2-7(10)3-6/h1-5,14,16H;1-2,7,9H;1-3,10H. The van der Waals surface area contributed by atoms with E-state index in [1.165, 1.54) is 6.07 Å². The van der Waals surface area contributed by atoms with Crippen LogP contribution in [0.3, 0.4) is 0 Å². The zero-order valence-corrected chi connectivity index (χ0v) is 25.6. The number of alkyl halides is 10. The van der Waals surface area contributed by atoms with Gasteiger partial charge in [0.05, 0.1) is 34.4 Å². The topological polar surface area (TPSA) is 111 Å². The Kier molecular flexibility index (Phi) is 11.1. The fourth-order valence-corrected chi connectivity index (χ4v) is 5.08. The quantitative estimate of drug-likeness (QED) is 0.207. The van der Waals surface area contributed by atoms with E-state index in [4.69, 9.17) is 20.4 Å². The highest BCUT2D eigenvalue weighted by atomic mass is 19.3. The maximum atomic E-state index is 13.8. The van der Waals surface area contributed by atoms with Crippen molar-refractivity contribution in [3.05, 3.63) is 123 Å². The van der Waals surface area contributed by atoms with E-state index < -0.39 is 105 Å². The number of halogens is 13. The zero-order valence-electron chi connectivity index (χ0n) is 25.6. The fourth-order valence-electron chi connectivity index (χ4n) is 5.08. The average Bonchev–Trinajstić information content (AvgIpc) is 3.36. The fraction of sp³-hybridized carbons (Fsp3) is 0.176. The molecule has 0 heterocycles. The molecule has 2 aliphatic carbocycles. The first kappa shape index (κ1) is 39.7. The number of carbonyl (C=O) groups is 2. The van der Waals surface area contributed by atoms with E-state index in [2.05, 4.69) is 0 Å². The van der Waals surface area contributed by atoms with Gasteiger partial charge in [-0.2, -0.15) is 28.1 Å². The van der Waals surface area contributed by atoms with Gasteiger partial charge in [-0.15, -0.1) is 0 Å². The number of benzene rings is 4. The van der Waals surface area contributed by atoms with Crippen LogP contribution in [-0.2, 0) is 0 Å². The van der Waals surface area contributed by atoms with Crippen molar-refractivity contribution >= 4 is 11.6 Å². The van der Waals surface area contributed by atoms with E-state index in [9.17, 15) is 66.7 Å². The molecule has 6 nitrogen and oxygen atoms in total. The summed E-state index contributed by atoms with van der Waals surface area (Å²) in [6.07, 6.45) is -13.0. The number of Topliss-reactive ketones (excluding diaryl/α,β-unsaturated/α-hetero) is 2. The van der Waals surface area contributed by atoms with E-state index in [0.29, 0.717) is 12.1 Å². The molecule has 2 unspecified atom stereocenters. The predicted molar refractivity (Wildman–Crippen MR) is 153 cm³/mol. The number of carbonyl (C=O) groups excluding carboxylic acids is 2. The molecule has 0 aliphatic heterocycles. The number of aromatic hydroxyl groups is 1. The summed E-state index contributed by atoms with van der Waals surface area (Å²) in [6.45, 7) is 0. The van der Waals surface area contributed by atoms with Crippen LogP contribution in [0.15, 0.2) is 60.7 Å². The molecule has 0 bridgehead atoms. The molecule has 0 spiro atoms. The number of ether oxygens (including phenoxy) is 1. The monoisotopic (exact) mass is 762 g/mol. The Labute approximate surface area is 287 Å². The number of hydrogen-bond donors (Lipinski definition) is 1. The van der Waals surface area contributed by atoms with Gasteiger partial charge in [0, 0.05) is 34.4 Å². The third kappa shape index (κ3) is 7.59. The molecule has 1 N–H and O–H groups in total. The minimum Gasteiger partial charge on any atom is -0.508 e. The second-order valence-electron chi connectivity index (χ2n) is 10.8. The van der Waals surface area contributed by atoms with E-state index in [1.54, 1.807) is 12.1 Å². The summed E-state index contributed by atoms with van der Waals surface area (Å²) in [7, 11) is 0. The number of phenols is 1. The minimum absolute atomic E-state index is 0.123. The third-order valence-electron chi connectivity index (χ3n) is 7.38. The van der Waals surface area contributed by atoms with Crippen LogP contribution in [0, 0.1) is 40.1 Å². The van der Waals surface area contributed by atoms with Crippen molar-refractivity contribution in [1.82, 2.24) is 0 Å². The van der Waals surface area contributed by atoms with Gasteiger partial charge in [-0.25, -0.2) is 39.5 Å². The summed E-state index contributed by atoms with van der Waals surface area (Å²) in [4.78, 5) is 22.8. The van der Waals surface area contributed by atoms with Crippen LogP contribution in [0.5, 0.6) is 17.2 Å². The first-order valence-electron chi connectivity index (χ1n) is 14.1. The number of ketones is 2. The molecule has 19 heteroatoms. The Balaban J connectivity index is 0.000000198. The Morgan fingerprint density at radius 1 is 0.660 bits per heavy atom. The summed E-state index contributed by atoms with van der Waals surface area (Å²) in [6, 6.07) is 11.8. The van der Waals surface area contributed by atoms with Gasteiger partial charge < -0.3 is 9.84 Å². The van der Waals surface area contributed by atoms with Gasteiger partial charge in [-0.3, -0.25) is 9.59 Å². The third-order valence-corrected chi connectivity index (χ3v) is 7.38. The van der Waals surface area contributed by atoms with Crippen molar-refractivity contribution in [2.24, 2.45) is 0 Å². The minimum atomic E-state index is -4.46. The summed E-state index contributed by atoms with van der Waals surface area (Å²) in [5.74, 6) is -17.4. The van der Waals surface area contributed by atoms with Crippen molar-refractivity contribution in [1.29, 1.82) is 10.5 Å². The summed E-state index contributed by atoms with van der Waals surface area (Å²) < 4.78 is 176. The van der Waals surface area contributed by atoms with E-state index in [0.717, 1.165) is 42.5 Å². The Bertz CT molecular complexity index is 2180. The molecule has 0 aromatic heterocycles. The first-order valence-corrected chi connectivity index (χ1v) is 14.1. The highest BCUT2D eigenvalue weighted by Crippen LogP contribution is 2.51. The van der Waals surface area contributed by atoms with Crippen LogP contribution in [0.25, 0.3) is 0 Å². The molecule has 2 aliphatic rings. The van der Waals surface area contributed by atoms with Crippen LogP contribution in [-0.4, -0.2) is 28.5 Å². The summed E-state index contributed by atoms with van der Waals surface area (Å²) in [5.41, 5.74) is -6.87. The molecular weight excluding hydrogens is 747 g/mol. The normalized spacial score (nSPS) is 17.5. The molecule has 53 heavy (non-hydrogen) atoms. The lowest BCUT2D eigenvalue weighted by Crippen LogP contribution is -2.26. The molecule has 0 saturated carbocycles. The molecule has 4 aromatic carbocycles. The van der Waals surface area contributed by atoms with Gasteiger partial charge in [-0.05, 0) is 36.4 Å². The lowest BCUT2D eigenvalue weighted by Gasteiger charge is -2.14. The number of fused-ring (bicyclic) bond motifs is 2. The smallest absolute Gasteiger partial charge is 0.344 e. The summed E-state index contributed by atoms with van der Waals surface area (Å²) >= 11 is 0. The molecule has 276 valence electrons. The van der Waals surface area contributed by atoms with Crippen molar-refractivity contribution < 1.29 is 76.5 Å². The molecular formula is C34H15F13N2O4.